The monoisotopic (exact) mass is 685 g/mol. The SMILES string of the molecule is CC1Oc2ccc(NC(C)(C(=O)OC(C)(C)C)c3cccc(CC(N)(C(=O)OC(C)(C)C)c4ccc5c(c4)N=C(N)C(C)O5)c3)cc2NC1=O. The van der Waals surface area contributed by atoms with Crippen LogP contribution in [-0.4, -0.2) is 47.1 Å². The number of nitrogens with one attached hydrogen (secondary N) is 2. The van der Waals surface area contributed by atoms with Crippen molar-refractivity contribution in [1.82, 2.24) is 0 Å². The molecular formula is C38H47N5O7. The summed E-state index contributed by atoms with van der Waals surface area (Å²) in [5, 5.41) is 6.19. The minimum atomic E-state index is -1.67. The van der Waals surface area contributed by atoms with Crippen LogP contribution in [0.5, 0.6) is 11.5 Å². The fourth-order valence-corrected chi connectivity index (χ4v) is 5.63. The van der Waals surface area contributed by atoms with Gasteiger partial charge in [0.05, 0.1) is 5.69 Å². The fourth-order valence-electron chi connectivity index (χ4n) is 5.63. The number of carbonyl (C=O) groups excluding carboxylic acids is 3. The Kier molecular flexibility index (Phi) is 9.39. The Balaban J connectivity index is 1.56. The first kappa shape index (κ1) is 36.2. The van der Waals surface area contributed by atoms with Crippen LogP contribution < -0.4 is 31.6 Å². The molecule has 2 aliphatic rings. The van der Waals surface area contributed by atoms with Crippen molar-refractivity contribution in [3.8, 4) is 11.5 Å². The highest BCUT2D eigenvalue weighted by Crippen LogP contribution is 2.39. The van der Waals surface area contributed by atoms with Crippen LogP contribution in [0.2, 0.25) is 0 Å². The Labute approximate surface area is 292 Å². The van der Waals surface area contributed by atoms with Gasteiger partial charge in [-0.3, -0.25) is 4.79 Å². The second-order valence-corrected chi connectivity index (χ2v) is 15.0. The Morgan fingerprint density at radius 2 is 1.48 bits per heavy atom. The molecular weight excluding hydrogens is 638 g/mol. The van der Waals surface area contributed by atoms with Gasteiger partial charge < -0.3 is 41.0 Å². The van der Waals surface area contributed by atoms with E-state index in [1.807, 2.05) is 12.1 Å². The molecule has 6 N–H and O–H groups in total. The highest BCUT2D eigenvalue weighted by Gasteiger charge is 2.43. The van der Waals surface area contributed by atoms with Crippen molar-refractivity contribution in [2.45, 2.75) is 103 Å². The van der Waals surface area contributed by atoms with Gasteiger partial charge in [-0.2, -0.15) is 0 Å². The molecule has 12 heteroatoms. The van der Waals surface area contributed by atoms with E-state index in [0.717, 1.165) is 0 Å². The second kappa shape index (κ2) is 13.0. The number of nitrogens with two attached hydrogens (primary N) is 2. The van der Waals surface area contributed by atoms with E-state index in [2.05, 4.69) is 15.6 Å². The highest BCUT2D eigenvalue weighted by atomic mass is 16.6. The lowest BCUT2D eigenvalue weighted by atomic mass is 9.82. The van der Waals surface area contributed by atoms with Gasteiger partial charge in [-0.15, -0.1) is 0 Å². The number of esters is 2. The lowest BCUT2D eigenvalue weighted by Crippen LogP contribution is -2.50. The summed E-state index contributed by atoms with van der Waals surface area (Å²) in [6, 6.07) is 17.6. The van der Waals surface area contributed by atoms with Crippen molar-refractivity contribution in [1.29, 1.82) is 0 Å². The number of hydrogen-bond acceptors (Lipinski definition) is 11. The third-order valence-electron chi connectivity index (χ3n) is 8.31. The van der Waals surface area contributed by atoms with Crippen LogP contribution in [0.1, 0.15) is 79.0 Å². The van der Waals surface area contributed by atoms with Gasteiger partial charge in [-0.05, 0) is 109 Å². The Morgan fingerprint density at radius 1 is 0.840 bits per heavy atom. The molecule has 2 heterocycles. The molecule has 0 bridgehead atoms. The van der Waals surface area contributed by atoms with Crippen LogP contribution in [0.3, 0.4) is 0 Å². The summed E-state index contributed by atoms with van der Waals surface area (Å²) in [7, 11) is 0. The Morgan fingerprint density at radius 3 is 2.16 bits per heavy atom. The predicted octanol–water partition coefficient (Wildman–Crippen LogP) is 5.58. The maximum absolute atomic E-state index is 14.0. The molecule has 0 radical (unpaired) electrons. The zero-order valence-electron chi connectivity index (χ0n) is 30.1. The van der Waals surface area contributed by atoms with E-state index in [1.165, 1.54) is 0 Å². The van der Waals surface area contributed by atoms with Gasteiger partial charge in [-0.25, -0.2) is 14.6 Å². The van der Waals surface area contributed by atoms with Crippen molar-refractivity contribution in [3.05, 3.63) is 77.4 Å². The summed E-state index contributed by atoms with van der Waals surface area (Å²) >= 11 is 0. The highest BCUT2D eigenvalue weighted by molar-refractivity contribution is 5.98. The van der Waals surface area contributed by atoms with E-state index in [-0.39, 0.29) is 12.3 Å². The van der Waals surface area contributed by atoms with Gasteiger partial charge in [0.15, 0.2) is 17.7 Å². The smallest absolute Gasteiger partial charge is 0.336 e. The van der Waals surface area contributed by atoms with E-state index in [4.69, 9.17) is 30.4 Å². The molecule has 3 aromatic carbocycles. The van der Waals surface area contributed by atoms with Crippen LogP contribution in [0.4, 0.5) is 17.1 Å². The summed E-state index contributed by atoms with van der Waals surface area (Å²) in [4.78, 5) is 44.8. The number of amidine groups is 1. The third kappa shape index (κ3) is 7.70. The van der Waals surface area contributed by atoms with E-state index < -0.39 is 46.4 Å². The molecule has 0 saturated carbocycles. The lowest BCUT2D eigenvalue weighted by molar-refractivity contribution is -0.162. The molecule has 12 nitrogen and oxygen atoms in total. The normalized spacial score (nSPS) is 19.5. The number of ether oxygens (including phenoxy) is 4. The molecule has 3 aromatic rings. The van der Waals surface area contributed by atoms with Crippen LogP contribution in [0.15, 0.2) is 65.7 Å². The summed E-state index contributed by atoms with van der Waals surface area (Å²) in [6.07, 6.45) is -1.01. The zero-order chi connectivity index (χ0) is 36.8. The van der Waals surface area contributed by atoms with Crippen molar-refractivity contribution < 1.29 is 33.3 Å². The van der Waals surface area contributed by atoms with Crippen LogP contribution in [0.25, 0.3) is 0 Å². The first-order valence-corrected chi connectivity index (χ1v) is 16.6. The van der Waals surface area contributed by atoms with E-state index in [1.54, 1.807) is 111 Å². The number of nitrogens with zero attached hydrogens (tertiary/aromatic N) is 1. The second-order valence-electron chi connectivity index (χ2n) is 15.0. The van der Waals surface area contributed by atoms with Gasteiger partial charge in [0, 0.05) is 12.1 Å². The molecule has 0 aromatic heterocycles. The van der Waals surface area contributed by atoms with Gasteiger partial charge in [0.1, 0.15) is 39.8 Å². The molecule has 266 valence electrons. The summed E-state index contributed by atoms with van der Waals surface area (Å²) in [5.74, 6) is -0.117. The maximum Gasteiger partial charge on any atom is 0.336 e. The quantitative estimate of drug-likeness (QED) is 0.219. The first-order valence-electron chi connectivity index (χ1n) is 16.6. The molecule has 4 unspecified atom stereocenters. The zero-order valence-corrected chi connectivity index (χ0v) is 30.1. The number of anilines is 2. The van der Waals surface area contributed by atoms with Crippen LogP contribution in [0, 0.1) is 0 Å². The first-order chi connectivity index (χ1) is 23.2. The number of aliphatic imine (C=N–C) groups is 1. The molecule has 0 spiro atoms. The van der Waals surface area contributed by atoms with Crippen molar-refractivity contribution in [3.63, 3.8) is 0 Å². The Hall–Kier alpha value is -5.10. The van der Waals surface area contributed by atoms with E-state index >= 15 is 0 Å². The van der Waals surface area contributed by atoms with Gasteiger partial charge >= 0.3 is 11.9 Å². The molecule has 0 saturated heterocycles. The standard InChI is InChI=1S/C38H47N5O7/c1-21-31(39)41-27-18-25(13-15-29(27)47-21)38(40,34(46)50-36(6,7)8)20-23-11-10-12-24(17-23)37(9,33(45)49-35(3,4)5)43-26-14-16-30-28(19-26)42-32(44)22(2)48-30/h10-19,21-22,43H,20,40H2,1-9H3,(H2,39,41)(H,42,44). The average molecular weight is 686 g/mol. The minimum Gasteiger partial charge on any atom is -0.481 e. The van der Waals surface area contributed by atoms with Crippen LogP contribution in [-0.2, 0) is 41.4 Å². The fraction of sp³-hybridized carbons (Fsp3) is 0.421. The summed E-state index contributed by atoms with van der Waals surface area (Å²) in [6.45, 7) is 15.9. The van der Waals surface area contributed by atoms with Crippen molar-refractivity contribution >= 4 is 40.7 Å². The molecule has 50 heavy (non-hydrogen) atoms. The largest absolute Gasteiger partial charge is 0.481 e. The predicted molar refractivity (Wildman–Crippen MR) is 192 cm³/mol. The molecule has 5 rings (SSSR count). The minimum absolute atomic E-state index is 0.00972. The molecule has 0 aliphatic carbocycles. The van der Waals surface area contributed by atoms with Gasteiger partial charge in [0.25, 0.3) is 5.91 Å². The van der Waals surface area contributed by atoms with Gasteiger partial charge in [0.2, 0.25) is 0 Å². The molecule has 0 fully saturated rings. The topological polar surface area (TPSA) is 177 Å². The number of amides is 1. The van der Waals surface area contributed by atoms with E-state index in [0.29, 0.717) is 51.1 Å². The summed E-state index contributed by atoms with van der Waals surface area (Å²) < 4.78 is 23.4. The number of hydrogen-bond donors (Lipinski definition) is 4. The molecule has 1 amide bonds. The Bertz CT molecular complexity index is 1860. The van der Waals surface area contributed by atoms with Crippen molar-refractivity contribution in [2.24, 2.45) is 16.5 Å². The third-order valence-corrected chi connectivity index (χ3v) is 8.31. The number of benzene rings is 3. The number of fused-ring (bicyclic) bond motifs is 2. The average Bonchev–Trinajstić information content (AvgIpc) is 3.00. The number of rotatable bonds is 8. The van der Waals surface area contributed by atoms with Crippen LogP contribution >= 0.6 is 0 Å². The molecule has 4 atom stereocenters. The van der Waals surface area contributed by atoms with E-state index in [9.17, 15) is 14.4 Å². The summed E-state index contributed by atoms with van der Waals surface area (Å²) in [5.41, 5.74) is 11.5. The van der Waals surface area contributed by atoms with Gasteiger partial charge in [-0.1, -0.05) is 30.3 Å². The number of carbonyl (C=O) groups is 3. The lowest BCUT2D eigenvalue weighted by Gasteiger charge is -2.35. The maximum atomic E-state index is 14.0. The van der Waals surface area contributed by atoms with Crippen molar-refractivity contribution in [2.75, 3.05) is 10.6 Å². The molecule has 2 aliphatic heterocycles.